The van der Waals surface area contributed by atoms with Gasteiger partial charge in [-0.1, -0.05) is 6.07 Å². The molecule has 0 unspecified atom stereocenters. The Balaban J connectivity index is 2.52. The molecule has 2 rings (SSSR count). The number of aromatic nitrogens is 2. The van der Waals surface area contributed by atoms with Crippen molar-refractivity contribution in [2.75, 3.05) is 19.0 Å². The fraction of sp³-hybridized carbons (Fsp3) is 0.231. The van der Waals surface area contributed by atoms with Crippen LogP contribution in [0.5, 0.6) is 0 Å². The zero-order chi connectivity index (χ0) is 14.9. The van der Waals surface area contributed by atoms with Gasteiger partial charge in [0.1, 0.15) is 0 Å². The summed E-state index contributed by atoms with van der Waals surface area (Å²) >= 11 is 0. The fourth-order valence-electron chi connectivity index (χ4n) is 1.68. The largest absolute Gasteiger partial charge is 0.416 e. The molecule has 2 aromatic rings. The molecule has 1 aromatic heterocycles. The molecule has 0 saturated heterocycles. The smallest absolute Gasteiger partial charge is 0.358 e. The van der Waals surface area contributed by atoms with Crippen LogP contribution in [0.1, 0.15) is 5.56 Å². The first-order valence-electron chi connectivity index (χ1n) is 5.74. The minimum Gasteiger partial charge on any atom is -0.358 e. The summed E-state index contributed by atoms with van der Waals surface area (Å²) in [7, 11) is 3.28. The highest BCUT2D eigenvalue weighted by Gasteiger charge is 2.30. The lowest BCUT2D eigenvalue weighted by Crippen LogP contribution is -2.22. The first-order valence-corrected chi connectivity index (χ1v) is 5.74. The molecule has 0 aliphatic rings. The second-order valence-electron chi connectivity index (χ2n) is 4.39. The van der Waals surface area contributed by atoms with Crippen molar-refractivity contribution in [3.05, 3.63) is 52.3 Å². The van der Waals surface area contributed by atoms with Crippen molar-refractivity contribution in [3.63, 3.8) is 0 Å². The van der Waals surface area contributed by atoms with Crippen LogP contribution in [0.15, 0.2) is 41.3 Å². The second-order valence-corrected chi connectivity index (χ2v) is 4.39. The molecule has 7 heteroatoms. The minimum atomic E-state index is -4.42. The average molecular weight is 283 g/mol. The van der Waals surface area contributed by atoms with E-state index >= 15 is 0 Å². The molecule has 0 N–H and O–H groups in total. The van der Waals surface area contributed by atoms with E-state index < -0.39 is 11.7 Å². The lowest BCUT2D eigenvalue weighted by Gasteiger charge is -2.14. The van der Waals surface area contributed by atoms with Crippen LogP contribution in [0.25, 0.3) is 5.69 Å². The van der Waals surface area contributed by atoms with Gasteiger partial charge in [0.25, 0.3) is 0 Å². The Hall–Kier alpha value is -2.31. The Morgan fingerprint density at radius 2 is 1.90 bits per heavy atom. The molecule has 20 heavy (non-hydrogen) atoms. The molecule has 0 atom stereocenters. The summed E-state index contributed by atoms with van der Waals surface area (Å²) in [5.74, 6) is 0.157. The number of anilines is 1. The van der Waals surface area contributed by atoms with Crippen molar-refractivity contribution in [2.24, 2.45) is 0 Å². The second kappa shape index (κ2) is 4.99. The first-order chi connectivity index (χ1) is 9.29. The maximum Gasteiger partial charge on any atom is 0.416 e. The lowest BCUT2D eigenvalue weighted by molar-refractivity contribution is -0.137. The third-order valence-corrected chi connectivity index (χ3v) is 2.65. The topological polar surface area (TPSA) is 38.1 Å². The summed E-state index contributed by atoms with van der Waals surface area (Å²) < 4.78 is 39.2. The van der Waals surface area contributed by atoms with Crippen LogP contribution in [0.3, 0.4) is 0 Å². The molecule has 0 spiro atoms. The van der Waals surface area contributed by atoms with Crippen LogP contribution in [0.4, 0.5) is 19.0 Å². The van der Waals surface area contributed by atoms with Crippen LogP contribution in [-0.2, 0) is 6.18 Å². The molecular weight excluding hydrogens is 271 g/mol. The minimum absolute atomic E-state index is 0.157. The van der Waals surface area contributed by atoms with E-state index in [0.717, 1.165) is 12.1 Å². The molecule has 0 aliphatic carbocycles. The standard InChI is InChI=1S/C13H12F3N3O/c1-18(2)12-11(20)6-7-19(17-12)10-5-3-4-9(8-10)13(14,15)16/h3-8H,1-2H3. The molecule has 106 valence electrons. The Kier molecular flexibility index (Phi) is 3.52. The maximum absolute atomic E-state index is 12.7. The molecule has 0 aliphatic heterocycles. The van der Waals surface area contributed by atoms with E-state index in [1.54, 1.807) is 14.1 Å². The van der Waals surface area contributed by atoms with Crippen molar-refractivity contribution >= 4 is 5.82 Å². The summed E-state index contributed by atoms with van der Waals surface area (Å²) in [5.41, 5.74) is -0.817. The summed E-state index contributed by atoms with van der Waals surface area (Å²) in [6.07, 6.45) is -3.08. The fourth-order valence-corrected chi connectivity index (χ4v) is 1.68. The van der Waals surface area contributed by atoms with Gasteiger partial charge < -0.3 is 4.90 Å². The van der Waals surface area contributed by atoms with Crippen molar-refractivity contribution in [1.29, 1.82) is 0 Å². The number of nitrogens with zero attached hydrogens (tertiary/aromatic N) is 3. The van der Waals surface area contributed by atoms with E-state index in [1.165, 1.54) is 34.0 Å². The van der Waals surface area contributed by atoms with Gasteiger partial charge in [-0.15, -0.1) is 5.10 Å². The molecule has 4 nitrogen and oxygen atoms in total. The Bertz CT molecular complexity index is 677. The molecule has 0 amide bonds. The van der Waals surface area contributed by atoms with E-state index in [1.807, 2.05) is 0 Å². The average Bonchev–Trinajstić information content (AvgIpc) is 2.38. The molecule has 0 bridgehead atoms. The summed E-state index contributed by atoms with van der Waals surface area (Å²) in [6.45, 7) is 0. The van der Waals surface area contributed by atoms with Gasteiger partial charge in [-0.3, -0.25) is 4.79 Å². The quantitative estimate of drug-likeness (QED) is 0.849. The van der Waals surface area contributed by atoms with E-state index in [2.05, 4.69) is 5.10 Å². The Morgan fingerprint density at radius 1 is 1.20 bits per heavy atom. The predicted octanol–water partition coefficient (Wildman–Crippen LogP) is 2.32. The monoisotopic (exact) mass is 283 g/mol. The van der Waals surface area contributed by atoms with Crippen molar-refractivity contribution < 1.29 is 13.2 Å². The summed E-state index contributed by atoms with van der Waals surface area (Å²) in [4.78, 5) is 13.1. The zero-order valence-electron chi connectivity index (χ0n) is 10.8. The normalized spacial score (nSPS) is 11.4. The summed E-state index contributed by atoms with van der Waals surface area (Å²) in [6, 6.07) is 6.03. The molecular formula is C13H12F3N3O. The van der Waals surface area contributed by atoms with E-state index in [9.17, 15) is 18.0 Å². The van der Waals surface area contributed by atoms with Gasteiger partial charge in [-0.2, -0.15) is 13.2 Å². The predicted molar refractivity (Wildman–Crippen MR) is 69.2 cm³/mol. The van der Waals surface area contributed by atoms with Gasteiger partial charge in [0.05, 0.1) is 11.3 Å². The van der Waals surface area contributed by atoms with Gasteiger partial charge in [0.2, 0.25) is 5.43 Å². The first kappa shape index (κ1) is 14.1. The molecule has 1 aromatic carbocycles. The number of alkyl halides is 3. The third kappa shape index (κ3) is 2.81. The van der Waals surface area contributed by atoms with Gasteiger partial charge in [-0.25, -0.2) is 4.68 Å². The molecule has 0 saturated carbocycles. The molecule has 0 radical (unpaired) electrons. The summed E-state index contributed by atoms with van der Waals surface area (Å²) in [5, 5.41) is 4.03. The van der Waals surface area contributed by atoms with Crippen molar-refractivity contribution in [3.8, 4) is 5.69 Å². The highest BCUT2D eigenvalue weighted by atomic mass is 19.4. The van der Waals surface area contributed by atoms with Crippen LogP contribution in [-0.4, -0.2) is 23.9 Å². The molecule has 1 heterocycles. The Labute approximate surface area is 113 Å². The number of rotatable bonds is 2. The van der Waals surface area contributed by atoms with Gasteiger partial charge in [0, 0.05) is 26.4 Å². The van der Waals surface area contributed by atoms with Crippen LogP contribution >= 0.6 is 0 Å². The zero-order valence-corrected chi connectivity index (χ0v) is 10.8. The molecule has 0 fully saturated rings. The van der Waals surface area contributed by atoms with Crippen LogP contribution in [0, 0.1) is 0 Å². The number of halogens is 3. The highest BCUT2D eigenvalue weighted by molar-refractivity contribution is 5.40. The van der Waals surface area contributed by atoms with Crippen molar-refractivity contribution in [2.45, 2.75) is 6.18 Å². The number of benzene rings is 1. The van der Waals surface area contributed by atoms with Crippen LogP contribution < -0.4 is 10.3 Å². The SMILES string of the molecule is CN(C)c1nn(-c2cccc(C(F)(F)F)c2)ccc1=O. The van der Waals surface area contributed by atoms with Gasteiger partial charge in [0.15, 0.2) is 5.82 Å². The van der Waals surface area contributed by atoms with E-state index in [0.29, 0.717) is 0 Å². The number of hydrogen-bond donors (Lipinski definition) is 0. The van der Waals surface area contributed by atoms with E-state index in [-0.39, 0.29) is 16.9 Å². The lowest BCUT2D eigenvalue weighted by atomic mass is 10.2. The highest BCUT2D eigenvalue weighted by Crippen LogP contribution is 2.30. The van der Waals surface area contributed by atoms with Gasteiger partial charge >= 0.3 is 6.18 Å². The third-order valence-electron chi connectivity index (χ3n) is 2.65. The number of hydrogen-bond acceptors (Lipinski definition) is 3. The van der Waals surface area contributed by atoms with Crippen LogP contribution in [0.2, 0.25) is 0 Å². The van der Waals surface area contributed by atoms with E-state index in [4.69, 9.17) is 0 Å². The maximum atomic E-state index is 12.7. The Morgan fingerprint density at radius 3 is 2.50 bits per heavy atom. The van der Waals surface area contributed by atoms with Crippen molar-refractivity contribution in [1.82, 2.24) is 9.78 Å². The van der Waals surface area contributed by atoms with Gasteiger partial charge in [-0.05, 0) is 18.2 Å².